The van der Waals surface area contributed by atoms with Crippen molar-refractivity contribution in [2.45, 2.75) is 77.2 Å². The molecule has 7 heteroatoms. The Bertz CT molecular complexity index is 1070. The van der Waals surface area contributed by atoms with Gasteiger partial charge in [0.1, 0.15) is 0 Å². The maximum atomic E-state index is 12.4. The second kappa shape index (κ2) is 25.9. The third-order valence-electron chi connectivity index (χ3n) is 7.29. The van der Waals surface area contributed by atoms with Gasteiger partial charge in [-0.25, -0.2) is 0 Å². The molecule has 0 aromatic carbocycles. The van der Waals surface area contributed by atoms with Gasteiger partial charge in [-0.05, 0) is 69.9 Å². The summed E-state index contributed by atoms with van der Waals surface area (Å²) in [6.45, 7) is 7.30. The van der Waals surface area contributed by atoms with Crippen LogP contribution in [0.1, 0.15) is 81.5 Å². The zero-order valence-corrected chi connectivity index (χ0v) is 26.8. The number of carbonyl (C=O) groups is 2. The highest BCUT2D eigenvalue weighted by Crippen LogP contribution is 2.10. The first kappa shape index (κ1) is 36.6. The van der Waals surface area contributed by atoms with Gasteiger partial charge in [0.2, 0.25) is 5.91 Å². The Labute approximate surface area is 266 Å². The van der Waals surface area contributed by atoms with Gasteiger partial charge in [0.25, 0.3) is 5.91 Å². The summed E-state index contributed by atoms with van der Waals surface area (Å²) in [5.74, 6) is -0.00617. The predicted octanol–water partition coefficient (Wildman–Crippen LogP) is 6.46. The van der Waals surface area contributed by atoms with Gasteiger partial charge in [-0.15, -0.1) is 0 Å². The van der Waals surface area contributed by atoms with Crippen LogP contribution in [0.2, 0.25) is 0 Å². The zero-order valence-electron chi connectivity index (χ0n) is 26.8. The highest BCUT2D eigenvalue weighted by Gasteiger charge is 2.20. The predicted molar refractivity (Wildman–Crippen MR) is 184 cm³/mol. The molecule has 7 nitrogen and oxygen atoms in total. The van der Waals surface area contributed by atoms with E-state index in [9.17, 15) is 9.59 Å². The van der Waals surface area contributed by atoms with Gasteiger partial charge in [-0.3, -0.25) is 19.5 Å². The van der Waals surface area contributed by atoms with Crippen LogP contribution in [0.5, 0.6) is 0 Å². The van der Waals surface area contributed by atoms with Crippen molar-refractivity contribution in [1.29, 1.82) is 0 Å². The molecule has 1 aliphatic rings. The standard InChI is InChI=1S/C37H55N5O2/c1-2-3-4-5-6-7-8-9-10-11-12-13-14-15-16-17-18-19-20-23-36(43)40-27-24-35(42-31-29-38-30-32-42)25-28-41-37(44)34-22-21-26-39-33-34/h3-4,6-7,9-10,12-13,15-16,18-19,21-22,26,33,35,38H,2,5,8,11,14,17,20,23-25,27-32H2,1H3,(H,40,43)(H,41,44). The van der Waals surface area contributed by atoms with Crippen molar-refractivity contribution in [2.24, 2.45) is 0 Å². The highest BCUT2D eigenvalue weighted by molar-refractivity contribution is 5.93. The van der Waals surface area contributed by atoms with Gasteiger partial charge in [0, 0.05) is 64.1 Å². The van der Waals surface area contributed by atoms with Crippen molar-refractivity contribution in [3.05, 3.63) is 103 Å². The van der Waals surface area contributed by atoms with E-state index < -0.39 is 0 Å². The molecule has 44 heavy (non-hydrogen) atoms. The second-order valence-corrected chi connectivity index (χ2v) is 10.8. The fourth-order valence-corrected chi connectivity index (χ4v) is 4.83. The van der Waals surface area contributed by atoms with E-state index in [-0.39, 0.29) is 11.8 Å². The van der Waals surface area contributed by atoms with Gasteiger partial charge in [-0.1, -0.05) is 79.8 Å². The fraction of sp³-hybridized carbons (Fsp3) is 0.486. The summed E-state index contributed by atoms with van der Waals surface area (Å²) in [6, 6.07) is 3.85. The topological polar surface area (TPSA) is 86.4 Å². The summed E-state index contributed by atoms with van der Waals surface area (Å²) in [5.41, 5.74) is 0.574. The van der Waals surface area contributed by atoms with Gasteiger partial charge in [0.15, 0.2) is 0 Å². The first-order chi connectivity index (χ1) is 21.7. The summed E-state index contributed by atoms with van der Waals surface area (Å²) in [7, 11) is 0. The maximum Gasteiger partial charge on any atom is 0.252 e. The summed E-state index contributed by atoms with van der Waals surface area (Å²) in [4.78, 5) is 31.2. The lowest BCUT2D eigenvalue weighted by atomic mass is 10.1. The Morgan fingerprint density at radius 3 is 1.91 bits per heavy atom. The monoisotopic (exact) mass is 601 g/mol. The van der Waals surface area contributed by atoms with E-state index >= 15 is 0 Å². The van der Waals surface area contributed by atoms with Crippen molar-refractivity contribution in [1.82, 2.24) is 25.8 Å². The number of amides is 2. The first-order valence-electron chi connectivity index (χ1n) is 16.5. The lowest BCUT2D eigenvalue weighted by molar-refractivity contribution is -0.121. The summed E-state index contributed by atoms with van der Waals surface area (Å²) >= 11 is 0. The molecule has 1 saturated heterocycles. The zero-order chi connectivity index (χ0) is 31.3. The molecule has 1 atom stereocenters. The molecule has 1 aliphatic heterocycles. The lowest BCUT2D eigenvalue weighted by Crippen LogP contribution is -2.50. The minimum Gasteiger partial charge on any atom is -0.356 e. The molecule has 0 radical (unpaired) electrons. The van der Waals surface area contributed by atoms with Crippen LogP contribution in [-0.2, 0) is 4.79 Å². The number of allylic oxidation sites excluding steroid dienone is 12. The van der Waals surface area contributed by atoms with Gasteiger partial charge < -0.3 is 16.0 Å². The number of hydrogen-bond acceptors (Lipinski definition) is 5. The summed E-state index contributed by atoms with van der Waals surface area (Å²) in [5, 5.41) is 9.51. The normalized spacial score (nSPS) is 15.5. The number of piperazine rings is 1. The minimum atomic E-state index is -0.0973. The van der Waals surface area contributed by atoms with E-state index in [2.05, 4.69) is 106 Å². The Morgan fingerprint density at radius 2 is 1.36 bits per heavy atom. The molecule has 0 bridgehead atoms. The van der Waals surface area contributed by atoms with Crippen LogP contribution < -0.4 is 16.0 Å². The number of aromatic nitrogens is 1. The number of hydrogen-bond donors (Lipinski definition) is 3. The maximum absolute atomic E-state index is 12.4. The Morgan fingerprint density at radius 1 is 0.818 bits per heavy atom. The second-order valence-electron chi connectivity index (χ2n) is 10.8. The molecule has 1 unspecified atom stereocenters. The number of carbonyl (C=O) groups excluding carboxylic acids is 2. The molecule has 2 heterocycles. The molecule has 2 amide bonds. The average molecular weight is 602 g/mol. The summed E-state index contributed by atoms with van der Waals surface area (Å²) in [6.07, 6.45) is 38.4. The van der Waals surface area contributed by atoms with E-state index in [0.717, 1.165) is 84.0 Å². The van der Waals surface area contributed by atoms with Crippen molar-refractivity contribution >= 4 is 11.8 Å². The Kier molecular flexibility index (Phi) is 21.6. The SMILES string of the molecule is CCC=CCC=CCC=CCC=CCC=CCC=CCCC(=O)NCCC(CCNC(=O)c1cccnc1)N1CCNCC1. The number of nitrogens with one attached hydrogen (secondary N) is 3. The van der Waals surface area contributed by atoms with E-state index in [0.29, 0.717) is 31.1 Å². The molecule has 1 aromatic heterocycles. The van der Waals surface area contributed by atoms with Crippen LogP contribution in [-0.4, -0.2) is 67.0 Å². The molecule has 2 rings (SSSR count). The highest BCUT2D eigenvalue weighted by atomic mass is 16.2. The van der Waals surface area contributed by atoms with Gasteiger partial charge in [0.05, 0.1) is 5.56 Å². The molecule has 1 fully saturated rings. The van der Waals surface area contributed by atoms with Crippen LogP contribution >= 0.6 is 0 Å². The molecular formula is C37H55N5O2. The molecule has 240 valence electrons. The van der Waals surface area contributed by atoms with Crippen molar-refractivity contribution in [2.75, 3.05) is 39.3 Å². The van der Waals surface area contributed by atoms with Gasteiger partial charge in [-0.2, -0.15) is 0 Å². The van der Waals surface area contributed by atoms with Crippen molar-refractivity contribution in [3.63, 3.8) is 0 Å². The van der Waals surface area contributed by atoms with E-state index in [1.807, 2.05) is 0 Å². The van der Waals surface area contributed by atoms with Crippen LogP contribution in [0.15, 0.2) is 97.4 Å². The van der Waals surface area contributed by atoms with E-state index in [4.69, 9.17) is 0 Å². The van der Waals surface area contributed by atoms with Crippen molar-refractivity contribution < 1.29 is 9.59 Å². The van der Waals surface area contributed by atoms with E-state index in [1.54, 1.807) is 24.5 Å². The molecule has 0 aliphatic carbocycles. The lowest BCUT2D eigenvalue weighted by Gasteiger charge is -2.35. The Balaban J connectivity index is 1.53. The molecular weight excluding hydrogens is 546 g/mol. The third-order valence-corrected chi connectivity index (χ3v) is 7.29. The van der Waals surface area contributed by atoms with Crippen LogP contribution in [0.4, 0.5) is 0 Å². The Hall–Kier alpha value is -3.55. The number of rotatable bonds is 22. The molecule has 0 spiro atoms. The van der Waals surface area contributed by atoms with Gasteiger partial charge >= 0.3 is 0 Å². The largest absolute Gasteiger partial charge is 0.356 e. The first-order valence-corrected chi connectivity index (χ1v) is 16.5. The number of pyridine rings is 1. The minimum absolute atomic E-state index is 0.0912. The quantitative estimate of drug-likeness (QED) is 0.133. The summed E-state index contributed by atoms with van der Waals surface area (Å²) < 4.78 is 0. The van der Waals surface area contributed by atoms with Crippen LogP contribution in [0.25, 0.3) is 0 Å². The fourth-order valence-electron chi connectivity index (χ4n) is 4.83. The van der Waals surface area contributed by atoms with Crippen LogP contribution in [0, 0.1) is 0 Å². The van der Waals surface area contributed by atoms with Crippen molar-refractivity contribution in [3.8, 4) is 0 Å². The van der Waals surface area contributed by atoms with Crippen LogP contribution in [0.3, 0.4) is 0 Å². The number of nitrogens with zero attached hydrogens (tertiary/aromatic N) is 2. The third kappa shape index (κ3) is 18.9. The molecule has 3 N–H and O–H groups in total. The van der Waals surface area contributed by atoms with E-state index in [1.165, 1.54) is 0 Å². The average Bonchev–Trinajstić information content (AvgIpc) is 3.05. The molecule has 1 aromatic rings. The smallest absolute Gasteiger partial charge is 0.252 e. The molecule has 0 saturated carbocycles.